The summed E-state index contributed by atoms with van der Waals surface area (Å²) in [6, 6.07) is 10.2. The zero-order valence-electron chi connectivity index (χ0n) is 29.8. The second-order valence-electron chi connectivity index (χ2n) is 13.3. The Bertz CT molecular complexity index is 1750. The van der Waals surface area contributed by atoms with E-state index in [1.165, 1.54) is 18.2 Å². The molecule has 6 atom stereocenters. The van der Waals surface area contributed by atoms with Crippen LogP contribution in [0.25, 0.3) is 11.4 Å². The summed E-state index contributed by atoms with van der Waals surface area (Å²) in [5.74, 6) is -3.14. The van der Waals surface area contributed by atoms with Gasteiger partial charge in [-0.2, -0.15) is 5.10 Å². The fourth-order valence-electron chi connectivity index (χ4n) is 6.63. The molecule has 16 heteroatoms. The lowest BCUT2D eigenvalue weighted by atomic mass is 10.0. The number of hydrogen-bond donors (Lipinski definition) is 7. The van der Waals surface area contributed by atoms with E-state index in [0.717, 1.165) is 5.56 Å². The maximum Gasteiger partial charge on any atom is 0.252 e. The van der Waals surface area contributed by atoms with Crippen molar-refractivity contribution in [2.75, 3.05) is 13.1 Å². The van der Waals surface area contributed by atoms with Crippen molar-refractivity contribution in [3.05, 3.63) is 72.1 Å². The molecule has 2 fully saturated rings. The zero-order valence-corrected chi connectivity index (χ0v) is 29.8. The quantitative estimate of drug-likeness (QED) is 0.178. The number of carbonyl (C=O) groups is 6. The molecule has 0 radical (unpaired) electrons. The minimum absolute atomic E-state index is 0.111. The average Bonchev–Trinajstić information content (AvgIpc) is 3.88. The summed E-state index contributed by atoms with van der Waals surface area (Å²) in [6.45, 7) is 3.58. The van der Waals surface area contributed by atoms with Crippen LogP contribution in [0.2, 0.25) is 0 Å². The Balaban J connectivity index is 1.40. The molecule has 2 saturated heterocycles. The Morgan fingerprint density at radius 3 is 2.34 bits per heavy atom. The van der Waals surface area contributed by atoms with E-state index in [-0.39, 0.29) is 37.3 Å². The van der Waals surface area contributed by atoms with Gasteiger partial charge in [0.25, 0.3) is 5.91 Å². The van der Waals surface area contributed by atoms with Crippen LogP contribution in [-0.4, -0.2) is 110 Å². The molecule has 0 saturated carbocycles. The van der Waals surface area contributed by atoms with Crippen LogP contribution in [0.1, 0.15) is 68.3 Å². The lowest BCUT2D eigenvalue weighted by Gasteiger charge is -2.30. The highest BCUT2D eigenvalue weighted by molar-refractivity contribution is 6.03. The summed E-state index contributed by atoms with van der Waals surface area (Å²) in [6.07, 6.45) is 2.25. The first-order valence-corrected chi connectivity index (χ1v) is 18.0. The average molecular weight is 730 g/mol. The van der Waals surface area contributed by atoms with E-state index < -0.39 is 65.8 Å². The second-order valence-corrected chi connectivity index (χ2v) is 13.3. The topological polar surface area (TPSA) is 228 Å². The van der Waals surface area contributed by atoms with Gasteiger partial charge in [-0.3, -0.25) is 33.9 Å². The standard InChI is InChI=1S/C37H47N9O7/c1-3-26-33(49)44-30(22(2)47)36(52)43-28(20-23-12-5-4-6-13-23)37(53)46-19-11-17-29(46)35(51)38-18-10-9-16-27(34(50)41-26)42-32(48)25-15-8-7-14-24(25)31-39-21-40-45-31/h4-8,12-15,21-22,26-30,47H,3,9-11,16-20H2,1-2H3,(H,38,51)(H,41,50)(H,42,48)(H,43,52)(H,44,49)(H,39,40,45)/t22-,26+,27+,28-,29+,30+/m1/s1. The largest absolute Gasteiger partial charge is 0.391 e. The maximum atomic E-state index is 14.0. The van der Waals surface area contributed by atoms with Gasteiger partial charge in [-0.1, -0.05) is 55.5 Å². The number of carbonyl (C=O) groups excluding carboxylic acids is 6. The van der Waals surface area contributed by atoms with Gasteiger partial charge < -0.3 is 36.6 Å². The van der Waals surface area contributed by atoms with Crippen molar-refractivity contribution in [1.82, 2.24) is 46.7 Å². The van der Waals surface area contributed by atoms with E-state index in [4.69, 9.17) is 0 Å². The molecule has 0 aliphatic carbocycles. The molecule has 0 bridgehead atoms. The van der Waals surface area contributed by atoms with Gasteiger partial charge >= 0.3 is 0 Å². The summed E-state index contributed by atoms with van der Waals surface area (Å²) >= 11 is 0. The number of aliphatic hydroxyl groups excluding tert-OH is 1. The number of nitrogens with zero attached hydrogens (tertiary/aromatic N) is 3. The van der Waals surface area contributed by atoms with E-state index in [0.29, 0.717) is 43.6 Å². The number of rotatable bonds is 7. The minimum Gasteiger partial charge on any atom is -0.391 e. The van der Waals surface area contributed by atoms with Crippen LogP contribution in [0.4, 0.5) is 0 Å². The molecular formula is C37H47N9O7. The van der Waals surface area contributed by atoms with Gasteiger partial charge in [-0.15, -0.1) is 0 Å². The van der Waals surface area contributed by atoms with Crippen molar-refractivity contribution >= 4 is 35.4 Å². The third-order valence-electron chi connectivity index (χ3n) is 9.52. The Kier molecular flexibility index (Phi) is 13.3. The fraction of sp³-hybridized carbons (Fsp3) is 0.459. The molecule has 6 amide bonds. The van der Waals surface area contributed by atoms with Crippen LogP contribution in [0, 0.1) is 0 Å². The number of fused-ring (bicyclic) bond motifs is 1. The highest BCUT2D eigenvalue weighted by Gasteiger charge is 2.39. The van der Waals surface area contributed by atoms with Crippen LogP contribution in [0.15, 0.2) is 60.9 Å². The first-order valence-electron chi connectivity index (χ1n) is 18.0. The van der Waals surface area contributed by atoms with E-state index in [1.807, 2.05) is 30.3 Å². The van der Waals surface area contributed by atoms with Crippen molar-refractivity contribution in [2.45, 2.75) is 95.1 Å². The maximum absolute atomic E-state index is 14.0. The molecular weight excluding hydrogens is 682 g/mol. The van der Waals surface area contributed by atoms with Gasteiger partial charge in [0.2, 0.25) is 29.5 Å². The van der Waals surface area contributed by atoms with Crippen LogP contribution in [-0.2, 0) is 30.4 Å². The van der Waals surface area contributed by atoms with Gasteiger partial charge in [-0.25, -0.2) is 4.98 Å². The first kappa shape index (κ1) is 38.6. The summed E-state index contributed by atoms with van der Waals surface area (Å²) in [7, 11) is 0. The molecule has 7 N–H and O–H groups in total. The van der Waals surface area contributed by atoms with Gasteiger partial charge in [0.1, 0.15) is 36.5 Å². The predicted octanol–water partition coefficient (Wildman–Crippen LogP) is 0.349. The Labute approximate surface area is 307 Å². The van der Waals surface area contributed by atoms with Gasteiger partial charge in [-0.05, 0) is 57.1 Å². The van der Waals surface area contributed by atoms with Crippen molar-refractivity contribution in [3.63, 3.8) is 0 Å². The number of aliphatic hydroxyl groups is 1. The Morgan fingerprint density at radius 2 is 1.62 bits per heavy atom. The van der Waals surface area contributed by atoms with Crippen molar-refractivity contribution < 1.29 is 33.9 Å². The van der Waals surface area contributed by atoms with Gasteiger partial charge in [0.15, 0.2) is 5.82 Å². The van der Waals surface area contributed by atoms with Gasteiger partial charge in [0, 0.05) is 25.1 Å². The number of amides is 6. The lowest BCUT2D eigenvalue weighted by molar-refractivity contribution is -0.142. The molecule has 2 aromatic carbocycles. The van der Waals surface area contributed by atoms with E-state index in [1.54, 1.807) is 31.2 Å². The molecule has 2 aliphatic heterocycles. The van der Waals surface area contributed by atoms with Crippen LogP contribution < -0.4 is 26.6 Å². The third kappa shape index (κ3) is 9.83. The van der Waals surface area contributed by atoms with Gasteiger partial charge in [0.05, 0.1) is 11.7 Å². The van der Waals surface area contributed by atoms with E-state index in [9.17, 15) is 33.9 Å². The highest BCUT2D eigenvalue weighted by atomic mass is 16.3. The number of H-pyrrole nitrogens is 1. The second kappa shape index (κ2) is 18.2. The molecule has 1 aromatic heterocycles. The van der Waals surface area contributed by atoms with E-state index in [2.05, 4.69) is 41.8 Å². The summed E-state index contributed by atoms with van der Waals surface area (Å²) < 4.78 is 0. The Morgan fingerprint density at radius 1 is 0.887 bits per heavy atom. The molecule has 3 aromatic rings. The van der Waals surface area contributed by atoms with Crippen molar-refractivity contribution in [2.24, 2.45) is 0 Å². The normalized spacial score (nSPS) is 24.3. The first-order chi connectivity index (χ1) is 25.6. The highest BCUT2D eigenvalue weighted by Crippen LogP contribution is 2.21. The molecule has 3 heterocycles. The predicted molar refractivity (Wildman–Crippen MR) is 193 cm³/mol. The zero-order chi connectivity index (χ0) is 37.9. The molecule has 0 unspecified atom stereocenters. The fourth-order valence-corrected chi connectivity index (χ4v) is 6.63. The van der Waals surface area contributed by atoms with Crippen LogP contribution in [0.5, 0.6) is 0 Å². The van der Waals surface area contributed by atoms with Crippen LogP contribution in [0.3, 0.4) is 0 Å². The smallest absolute Gasteiger partial charge is 0.252 e. The Hall–Kier alpha value is -5.64. The number of benzene rings is 2. The monoisotopic (exact) mass is 729 g/mol. The molecule has 53 heavy (non-hydrogen) atoms. The van der Waals surface area contributed by atoms with Crippen LogP contribution >= 0.6 is 0 Å². The lowest BCUT2D eigenvalue weighted by Crippen LogP contribution is -2.61. The third-order valence-corrected chi connectivity index (χ3v) is 9.52. The number of hydrogen-bond acceptors (Lipinski definition) is 9. The molecule has 5 rings (SSSR count). The number of nitrogens with one attached hydrogen (secondary N) is 6. The minimum atomic E-state index is -1.48. The van der Waals surface area contributed by atoms with E-state index >= 15 is 0 Å². The molecule has 16 nitrogen and oxygen atoms in total. The molecule has 0 spiro atoms. The molecule has 2 aliphatic rings. The SMILES string of the molecule is CC[C@@H]1NC(=O)[C@@H](NC(=O)c2ccccc2-c2ncn[nH]2)CCCCNC(=O)[C@@H]2CCCN2C(=O)[C@@H](Cc2ccccc2)NC(=O)[C@H]([C@@H](C)O)NC1=O. The number of aromatic amines is 1. The number of aromatic nitrogens is 3. The van der Waals surface area contributed by atoms with Crippen molar-refractivity contribution in [1.29, 1.82) is 0 Å². The summed E-state index contributed by atoms with van der Waals surface area (Å²) in [5.41, 5.74) is 1.48. The van der Waals surface area contributed by atoms with Crippen molar-refractivity contribution in [3.8, 4) is 11.4 Å². The molecule has 282 valence electrons. The summed E-state index contributed by atoms with van der Waals surface area (Å²) in [4.78, 5) is 87.8. The summed E-state index contributed by atoms with van der Waals surface area (Å²) in [5, 5.41) is 30.9.